The van der Waals surface area contributed by atoms with Crippen molar-refractivity contribution in [2.75, 3.05) is 0 Å². The third kappa shape index (κ3) is 3.10. The minimum atomic E-state index is -0.431. The molecule has 2 amide bonds. The first kappa shape index (κ1) is 14.9. The molecule has 2 N–H and O–H groups in total. The van der Waals surface area contributed by atoms with Crippen LogP contribution in [0.3, 0.4) is 0 Å². The lowest BCUT2D eigenvalue weighted by Crippen LogP contribution is -2.45. The summed E-state index contributed by atoms with van der Waals surface area (Å²) in [5.41, 5.74) is 6.36. The van der Waals surface area contributed by atoms with Crippen LogP contribution in [0.1, 0.15) is 15.9 Å². The van der Waals surface area contributed by atoms with Gasteiger partial charge in [0, 0.05) is 4.90 Å². The van der Waals surface area contributed by atoms with Crippen molar-refractivity contribution in [2.24, 2.45) is 0 Å². The van der Waals surface area contributed by atoms with Crippen LogP contribution in [-0.4, -0.2) is 17.1 Å². The van der Waals surface area contributed by atoms with Gasteiger partial charge in [-0.3, -0.25) is 20.4 Å². The van der Waals surface area contributed by atoms with Gasteiger partial charge in [-0.2, -0.15) is 0 Å². The molecule has 1 aliphatic heterocycles. The van der Waals surface area contributed by atoms with Crippen molar-refractivity contribution < 1.29 is 9.59 Å². The van der Waals surface area contributed by atoms with Gasteiger partial charge in [-0.05, 0) is 30.2 Å². The maximum absolute atomic E-state index is 12.2. The Morgan fingerprint density at radius 3 is 2.55 bits per heavy atom. The Hall–Kier alpha value is -1.98. The van der Waals surface area contributed by atoms with E-state index in [-0.39, 0.29) is 11.2 Å². The number of benzene rings is 2. The van der Waals surface area contributed by atoms with E-state index in [4.69, 9.17) is 11.6 Å². The first-order valence-corrected chi connectivity index (χ1v) is 8.00. The Balaban J connectivity index is 1.58. The van der Waals surface area contributed by atoms with Crippen molar-refractivity contribution in [3.63, 3.8) is 0 Å². The topological polar surface area (TPSA) is 58.2 Å². The zero-order valence-corrected chi connectivity index (χ0v) is 13.1. The van der Waals surface area contributed by atoms with Crippen molar-refractivity contribution in [2.45, 2.75) is 16.6 Å². The number of amides is 2. The number of carbonyl (C=O) groups excluding carboxylic acids is 2. The van der Waals surface area contributed by atoms with Gasteiger partial charge < -0.3 is 0 Å². The highest BCUT2D eigenvalue weighted by Crippen LogP contribution is 2.36. The van der Waals surface area contributed by atoms with Gasteiger partial charge in [0.1, 0.15) is 0 Å². The van der Waals surface area contributed by atoms with E-state index in [0.717, 1.165) is 10.5 Å². The molecule has 3 rings (SSSR count). The number of hydrazine groups is 1. The molecule has 0 bridgehead atoms. The molecular weight excluding hydrogens is 320 g/mol. The molecule has 112 valence electrons. The summed E-state index contributed by atoms with van der Waals surface area (Å²) in [4.78, 5) is 25.3. The lowest BCUT2D eigenvalue weighted by molar-refractivity contribution is -0.121. The molecule has 0 aromatic heterocycles. The van der Waals surface area contributed by atoms with Crippen LogP contribution in [-0.2, 0) is 11.2 Å². The van der Waals surface area contributed by atoms with Crippen molar-refractivity contribution >= 4 is 35.2 Å². The van der Waals surface area contributed by atoms with E-state index in [9.17, 15) is 9.59 Å². The Kier molecular flexibility index (Phi) is 4.36. The first-order chi connectivity index (χ1) is 10.6. The number of hydrogen-bond donors (Lipinski definition) is 2. The fourth-order valence-electron chi connectivity index (χ4n) is 2.24. The van der Waals surface area contributed by atoms with Crippen LogP contribution in [0.25, 0.3) is 0 Å². The lowest BCUT2D eigenvalue weighted by atomic mass is 10.1. The van der Waals surface area contributed by atoms with Crippen LogP contribution in [0.2, 0.25) is 5.02 Å². The van der Waals surface area contributed by atoms with Crippen LogP contribution in [0.4, 0.5) is 0 Å². The van der Waals surface area contributed by atoms with Crippen molar-refractivity contribution in [1.82, 2.24) is 10.9 Å². The molecule has 1 heterocycles. The molecule has 0 spiro atoms. The average Bonchev–Trinajstić information content (AvgIpc) is 2.97. The number of fused-ring (bicyclic) bond motifs is 1. The number of thioether (sulfide) groups is 1. The van der Waals surface area contributed by atoms with Crippen molar-refractivity contribution in [3.05, 3.63) is 64.7 Å². The monoisotopic (exact) mass is 332 g/mol. The summed E-state index contributed by atoms with van der Waals surface area (Å²) >= 11 is 7.45. The quantitative estimate of drug-likeness (QED) is 0.831. The summed E-state index contributed by atoms with van der Waals surface area (Å²) in [6.45, 7) is 0. The minimum absolute atomic E-state index is 0.221. The SMILES string of the molecule is O=C(NNC(=O)C1Cc2ccccc2S1)c1ccccc1Cl. The Labute approximate surface area is 137 Å². The van der Waals surface area contributed by atoms with Gasteiger partial charge in [0.05, 0.1) is 15.8 Å². The zero-order valence-electron chi connectivity index (χ0n) is 11.5. The van der Waals surface area contributed by atoms with Gasteiger partial charge in [-0.15, -0.1) is 11.8 Å². The second kappa shape index (κ2) is 6.42. The largest absolute Gasteiger partial charge is 0.272 e. The highest BCUT2D eigenvalue weighted by atomic mass is 35.5. The number of hydrogen-bond acceptors (Lipinski definition) is 3. The van der Waals surface area contributed by atoms with Gasteiger partial charge in [-0.25, -0.2) is 0 Å². The third-order valence-corrected chi connectivity index (χ3v) is 5.00. The fourth-order valence-corrected chi connectivity index (χ4v) is 3.66. The maximum atomic E-state index is 12.2. The van der Waals surface area contributed by atoms with E-state index in [1.54, 1.807) is 24.3 Å². The second-order valence-electron chi connectivity index (χ2n) is 4.84. The van der Waals surface area contributed by atoms with Crippen LogP contribution < -0.4 is 10.9 Å². The first-order valence-electron chi connectivity index (χ1n) is 6.74. The van der Waals surface area contributed by atoms with E-state index < -0.39 is 5.91 Å². The van der Waals surface area contributed by atoms with Gasteiger partial charge >= 0.3 is 0 Å². The molecule has 0 radical (unpaired) electrons. The molecule has 4 nitrogen and oxygen atoms in total. The van der Waals surface area contributed by atoms with E-state index >= 15 is 0 Å². The number of nitrogens with one attached hydrogen (secondary N) is 2. The Morgan fingerprint density at radius 2 is 1.77 bits per heavy atom. The predicted octanol–water partition coefficient (Wildman–Crippen LogP) is 2.82. The van der Waals surface area contributed by atoms with Crippen molar-refractivity contribution in [1.29, 1.82) is 0 Å². The molecular formula is C16H13ClN2O2S. The van der Waals surface area contributed by atoms with E-state index in [0.29, 0.717) is 17.0 Å². The number of rotatable bonds is 2. The van der Waals surface area contributed by atoms with Crippen LogP contribution in [0, 0.1) is 0 Å². The Bertz CT molecular complexity index is 711. The average molecular weight is 333 g/mol. The molecule has 0 saturated carbocycles. The highest BCUT2D eigenvalue weighted by molar-refractivity contribution is 8.01. The van der Waals surface area contributed by atoms with E-state index in [1.807, 2.05) is 24.3 Å². The molecule has 0 fully saturated rings. The highest BCUT2D eigenvalue weighted by Gasteiger charge is 2.28. The molecule has 1 aliphatic rings. The van der Waals surface area contributed by atoms with Gasteiger partial charge in [0.15, 0.2) is 0 Å². The minimum Gasteiger partial charge on any atom is -0.272 e. The molecule has 2 aromatic rings. The fraction of sp³-hybridized carbons (Fsp3) is 0.125. The summed E-state index contributed by atoms with van der Waals surface area (Å²) in [7, 11) is 0. The molecule has 6 heteroatoms. The van der Waals surface area contributed by atoms with Crippen LogP contribution in [0.15, 0.2) is 53.4 Å². The second-order valence-corrected chi connectivity index (χ2v) is 6.49. The predicted molar refractivity (Wildman–Crippen MR) is 86.9 cm³/mol. The van der Waals surface area contributed by atoms with E-state index in [1.165, 1.54) is 11.8 Å². The Morgan fingerprint density at radius 1 is 1.05 bits per heavy atom. The molecule has 1 atom stereocenters. The number of halogens is 1. The van der Waals surface area contributed by atoms with Gasteiger partial charge in [0.25, 0.3) is 11.8 Å². The summed E-state index contributed by atoms with van der Waals surface area (Å²) in [5.74, 6) is -0.652. The number of carbonyl (C=O) groups is 2. The van der Waals surface area contributed by atoms with Crippen LogP contribution >= 0.6 is 23.4 Å². The molecule has 0 saturated heterocycles. The smallest absolute Gasteiger partial charge is 0.271 e. The molecule has 0 aliphatic carbocycles. The van der Waals surface area contributed by atoms with Crippen LogP contribution in [0.5, 0.6) is 0 Å². The maximum Gasteiger partial charge on any atom is 0.271 e. The molecule has 1 unspecified atom stereocenters. The molecule has 22 heavy (non-hydrogen) atoms. The summed E-state index contributed by atoms with van der Waals surface area (Å²) < 4.78 is 0. The normalized spacial score (nSPS) is 16.0. The van der Waals surface area contributed by atoms with E-state index in [2.05, 4.69) is 10.9 Å². The zero-order chi connectivity index (χ0) is 15.5. The van der Waals surface area contributed by atoms with Gasteiger partial charge in [-0.1, -0.05) is 41.9 Å². The summed E-state index contributed by atoms with van der Waals surface area (Å²) in [5, 5.41) is 0.112. The van der Waals surface area contributed by atoms with Crippen molar-refractivity contribution in [3.8, 4) is 0 Å². The third-order valence-electron chi connectivity index (χ3n) is 3.36. The lowest BCUT2D eigenvalue weighted by Gasteiger charge is -2.11. The molecule has 2 aromatic carbocycles. The van der Waals surface area contributed by atoms with Gasteiger partial charge in [0.2, 0.25) is 0 Å². The summed E-state index contributed by atoms with van der Waals surface area (Å²) in [6, 6.07) is 14.6. The standard InChI is InChI=1S/C16H13ClN2O2S/c17-12-7-3-2-6-11(12)15(20)18-19-16(21)14-9-10-5-1-4-8-13(10)22-14/h1-8,14H,9H2,(H,18,20)(H,19,21). The summed E-state index contributed by atoms with van der Waals surface area (Å²) in [6.07, 6.45) is 0.661.